The number of nitrogens with one attached hydrogen (secondary N) is 1. The number of fused-ring (bicyclic) bond motifs is 3. The highest BCUT2D eigenvalue weighted by Gasteiger charge is 2.62. The molecule has 1 fully saturated rings. The zero-order valence-corrected chi connectivity index (χ0v) is 22.6. The molecule has 210 valence electrons. The zero-order valence-electron chi connectivity index (χ0n) is 21.7. The molecule has 2 aromatic rings. The molecule has 5 rings (SSSR count). The Morgan fingerprint density at radius 3 is 2.42 bits per heavy atom. The average Bonchev–Trinajstić information content (AvgIpc) is 2.88. The van der Waals surface area contributed by atoms with Gasteiger partial charge in [-0.1, -0.05) is 18.2 Å². The summed E-state index contributed by atoms with van der Waals surface area (Å²) in [5.74, 6) is -7.87. The molecule has 0 bridgehead atoms. The smallest absolute Gasteiger partial charge is 0.288 e. The van der Waals surface area contributed by atoms with Gasteiger partial charge in [0.2, 0.25) is 5.91 Å². The van der Waals surface area contributed by atoms with E-state index >= 15 is 0 Å². The number of benzene rings is 2. The van der Waals surface area contributed by atoms with E-state index in [0.29, 0.717) is 16.1 Å². The number of carbonyl (C=O) groups excluding carboxylic acids is 4. The molecule has 11 nitrogen and oxygen atoms in total. The van der Waals surface area contributed by atoms with E-state index in [2.05, 4.69) is 5.32 Å². The molecule has 3 aliphatic rings. The number of ketones is 2. The van der Waals surface area contributed by atoms with Crippen LogP contribution >= 0.6 is 11.8 Å². The fourth-order valence-electron chi connectivity index (χ4n) is 6.20. The average molecular weight is 568 g/mol. The first-order valence-corrected chi connectivity index (χ1v) is 13.5. The summed E-state index contributed by atoms with van der Waals surface area (Å²) >= 11 is 0.895. The molecule has 0 aromatic heterocycles. The van der Waals surface area contributed by atoms with Crippen LogP contribution in [0.1, 0.15) is 28.8 Å². The van der Waals surface area contributed by atoms with Crippen molar-refractivity contribution in [3.8, 4) is 5.75 Å². The van der Waals surface area contributed by atoms with Gasteiger partial charge in [-0.3, -0.25) is 19.2 Å². The number of Topliss-reactive ketones (excluding diaryl/α,β-unsaturated/α-hetero) is 2. The third-order valence-electron chi connectivity index (χ3n) is 8.04. The Balaban J connectivity index is 1.58. The van der Waals surface area contributed by atoms with Crippen LogP contribution in [-0.4, -0.2) is 68.9 Å². The number of nitrogens with zero attached hydrogens (tertiary/aromatic N) is 1. The van der Waals surface area contributed by atoms with Gasteiger partial charge in [0.15, 0.2) is 22.9 Å². The Morgan fingerprint density at radius 1 is 1.12 bits per heavy atom. The second-order valence-corrected chi connectivity index (χ2v) is 11.7. The number of carbonyl (C=O) groups is 4. The number of phenolic OH excluding ortho intramolecular Hbond substituents is 1. The van der Waals surface area contributed by atoms with Crippen molar-refractivity contribution in [2.75, 3.05) is 24.3 Å². The fourth-order valence-corrected chi connectivity index (χ4v) is 6.87. The largest absolute Gasteiger partial charge is 0.508 e. The van der Waals surface area contributed by atoms with Crippen LogP contribution in [0.3, 0.4) is 0 Å². The number of allylic oxidation sites excluding steroid dienone is 1. The summed E-state index contributed by atoms with van der Waals surface area (Å²) in [5, 5.41) is 46.4. The quantitative estimate of drug-likeness (QED) is 0.181. The molecule has 3 aliphatic carbocycles. The highest BCUT2D eigenvalue weighted by atomic mass is 32.2. The Kier molecular flexibility index (Phi) is 6.89. The topological polar surface area (TPSA) is 190 Å². The van der Waals surface area contributed by atoms with Gasteiger partial charge in [0.25, 0.3) is 5.24 Å². The lowest BCUT2D eigenvalue weighted by molar-refractivity contribution is -0.167. The summed E-state index contributed by atoms with van der Waals surface area (Å²) < 4.78 is 0. The molecule has 0 heterocycles. The number of amides is 2. The van der Waals surface area contributed by atoms with Gasteiger partial charge >= 0.3 is 0 Å². The number of hydrogen-bond donors (Lipinski definition) is 6. The monoisotopic (exact) mass is 567 g/mol. The summed E-state index contributed by atoms with van der Waals surface area (Å²) in [6.45, 7) is 0. The molecular weight excluding hydrogens is 538 g/mol. The van der Waals surface area contributed by atoms with Crippen molar-refractivity contribution in [1.29, 1.82) is 0 Å². The van der Waals surface area contributed by atoms with Crippen LogP contribution in [0.2, 0.25) is 0 Å². The van der Waals surface area contributed by atoms with E-state index in [9.17, 15) is 39.6 Å². The SMILES string of the molecule is CN(C)c1cc(NC(=O)Sc2ccccc2)c(O)c2c1C[C@H]1C[C@H]3CC(O)C(C(N)=O)C(=O)[C@@]3(O)C(O)=C1C2=O. The first-order valence-electron chi connectivity index (χ1n) is 12.7. The van der Waals surface area contributed by atoms with Crippen molar-refractivity contribution in [1.82, 2.24) is 0 Å². The first-order chi connectivity index (χ1) is 18.9. The lowest BCUT2D eigenvalue weighted by Crippen LogP contribution is -2.63. The van der Waals surface area contributed by atoms with Crippen LogP contribution < -0.4 is 16.0 Å². The second kappa shape index (κ2) is 9.95. The highest BCUT2D eigenvalue weighted by molar-refractivity contribution is 8.13. The van der Waals surface area contributed by atoms with E-state index < -0.39 is 63.7 Å². The van der Waals surface area contributed by atoms with Crippen molar-refractivity contribution >= 4 is 45.8 Å². The maximum atomic E-state index is 13.9. The van der Waals surface area contributed by atoms with Crippen LogP contribution in [0.15, 0.2) is 52.6 Å². The van der Waals surface area contributed by atoms with Crippen molar-refractivity contribution in [2.45, 2.75) is 35.9 Å². The summed E-state index contributed by atoms with van der Waals surface area (Å²) in [5.41, 5.74) is 3.30. The standard InChI is InChI=1S/C28H29N3O8S/c1-31(2)17-11-16(30-27(38)40-14-6-4-3-5-7-14)22(33)20-15(17)9-12-8-13-10-18(32)21(26(29)37)25(36)28(13,39)24(35)19(12)23(20)34/h3-7,11-13,18,21,32-33,35,39H,8-10H2,1-2H3,(H2,29,37)(H,30,38)/t12-,13+,18?,21?,28+/m1/s1. The maximum absolute atomic E-state index is 13.9. The molecule has 40 heavy (non-hydrogen) atoms. The number of hydrogen-bond acceptors (Lipinski definition) is 10. The molecule has 0 spiro atoms. The minimum atomic E-state index is -2.59. The van der Waals surface area contributed by atoms with Crippen LogP contribution in [0.25, 0.3) is 0 Å². The van der Waals surface area contributed by atoms with Gasteiger partial charge in [-0.15, -0.1) is 0 Å². The number of thioether (sulfide) groups is 1. The molecule has 2 aromatic carbocycles. The summed E-state index contributed by atoms with van der Waals surface area (Å²) in [6, 6.07) is 10.4. The molecule has 2 amide bonds. The van der Waals surface area contributed by atoms with E-state index in [-0.39, 0.29) is 36.1 Å². The Labute approximate surface area is 233 Å². The minimum absolute atomic E-state index is 0.0270. The summed E-state index contributed by atoms with van der Waals surface area (Å²) in [7, 11) is 3.48. The lowest BCUT2D eigenvalue weighted by Gasteiger charge is -2.48. The molecule has 7 N–H and O–H groups in total. The number of aromatic hydroxyl groups is 1. The predicted octanol–water partition coefficient (Wildman–Crippen LogP) is 2.14. The lowest BCUT2D eigenvalue weighted by atomic mass is 9.58. The third-order valence-corrected chi connectivity index (χ3v) is 8.83. The number of anilines is 2. The van der Waals surface area contributed by atoms with Crippen molar-refractivity contribution in [2.24, 2.45) is 23.5 Å². The van der Waals surface area contributed by atoms with Crippen molar-refractivity contribution in [3.05, 3.63) is 58.9 Å². The van der Waals surface area contributed by atoms with Gasteiger partial charge in [0.1, 0.15) is 11.7 Å². The molecule has 0 saturated heterocycles. The number of rotatable bonds is 4. The number of aliphatic hydroxyl groups excluding tert-OH is 2. The van der Waals surface area contributed by atoms with Gasteiger partial charge in [-0.05, 0) is 60.7 Å². The van der Waals surface area contributed by atoms with Crippen molar-refractivity contribution in [3.63, 3.8) is 0 Å². The first kappa shape index (κ1) is 27.7. The van der Waals surface area contributed by atoms with Crippen molar-refractivity contribution < 1.29 is 39.6 Å². The molecular formula is C28H29N3O8S. The molecule has 5 atom stereocenters. The predicted molar refractivity (Wildman–Crippen MR) is 146 cm³/mol. The number of nitrogens with two attached hydrogens (primary N) is 1. The van der Waals surface area contributed by atoms with Gasteiger partial charge in [0.05, 0.1) is 17.4 Å². The van der Waals surface area contributed by atoms with Crippen LogP contribution in [0.5, 0.6) is 5.75 Å². The molecule has 1 saturated carbocycles. The maximum Gasteiger partial charge on any atom is 0.288 e. The van der Waals surface area contributed by atoms with E-state index in [1.165, 1.54) is 0 Å². The number of phenols is 1. The molecule has 2 unspecified atom stereocenters. The number of aliphatic hydroxyl groups is 3. The fraction of sp³-hybridized carbons (Fsp3) is 0.357. The zero-order chi connectivity index (χ0) is 29.1. The summed E-state index contributed by atoms with van der Waals surface area (Å²) in [4.78, 5) is 54.1. The van der Waals surface area contributed by atoms with E-state index in [4.69, 9.17) is 5.73 Å². The van der Waals surface area contributed by atoms with E-state index in [0.717, 1.165) is 11.8 Å². The van der Waals surface area contributed by atoms with Crippen LogP contribution in [-0.2, 0) is 16.0 Å². The van der Waals surface area contributed by atoms with Gasteiger partial charge < -0.3 is 36.4 Å². The Morgan fingerprint density at radius 2 is 1.80 bits per heavy atom. The highest BCUT2D eigenvalue weighted by Crippen LogP contribution is 2.53. The molecule has 0 radical (unpaired) electrons. The Bertz CT molecular complexity index is 1470. The normalized spacial score (nSPS) is 27.4. The van der Waals surface area contributed by atoms with E-state index in [1.807, 2.05) is 6.07 Å². The van der Waals surface area contributed by atoms with Gasteiger partial charge in [-0.2, -0.15) is 0 Å². The summed E-state index contributed by atoms with van der Waals surface area (Å²) in [6.07, 6.45) is -1.38. The number of primary amides is 1. The minimum Gasteiger partial charge on any atom is -0.508 e. The molecule has 12 heteroatoms. The molecule has 0 aliphatic heterocycles. The van der Waals surface area contributed by atoms with Crippen LogP contribution in [0.4, 0.5) is 16.2 Å². The van der Waals surface area contributed by atoms with Crippen LogP contribution in [0, 0.1) is 17.8 Å². The Hall–Kier alpha value is -3.87. The third kappa shape index (κ3) is 4.23. The van der Waals surface area contributed by atoms with Gasteiger partial charge in [0, 0.05) is 36.2 Å². The second-order valence-electron chi connectivity index (χ2n) is 10.6. The van der Waals surface area contributed by atoms with Gasteiger partial charge in [-0.25, -0.2) is 0 Å². The van der Waals surface area contributed by atoms with E-state index in [1.54, 1.807) is 49.3 Å².